The number of aryl methyl sites for hydroxylation is 1. The van der Waals surface area contributed by atoms with Gasteiger partial charge in [-0.05, 0) is 18.6 Å². The van der Waals surface area contributed by atoms with Gasteiger partial charge < -0.3 is 5.11 Å². The zero-order chi connectivity index (χ0) is 13.5. The fourth-order valence-electron chi connectivity index (χ4n) is 1.84. The number of carbonyl (C=O) groups is 1. The number of nitrogens with zero attached hydrogens (tertiary/aromatic N) is 3. The first-order chi connectivity index (χ1) is 8.34. The molecule has 18 heavy (non-hydrogen) atoms. The smallest absolute Gasteiger partial charge is 0.356 e. The summed E-state index contributed by atoms with van der Waals surface area (Å²) in [6.07, 6.45) is 0.806. The highest BCUT2D eigenvalue weighted by Gasteiger charge is 2.25. The van der Waals surface area contributed by atoms with Gasteiger partial charge in [0.1, 0.15) is 5.82 Å². The van der Waals surface area contributed by atoms with Gasteiger partial charge in [0.25, 0.3) is 0 Å². The summed E-state index contributed by atoms with van der Waals surface area (Å²) < 4.78 is 1.66. The van der Waals surface area contributed by atoms with Crippen molar-refractivity contribution in [3.8, 4) is 0 Å². The van der Waals surface area contributed by atoms with Crippen LogP contribution >= 0.6 is 0 Å². The number of imidazole rings is 1. The van der Waals surface area contributed by atoms with Crippen LogP contribution < -0.4 is 0 Å². The minimum atomic E-state index is -1.02. The lowest BCUT2D eigenvalue weighted by Gasteiger charge is -2.16. The van der Waals surface area contributed by atoms with Crippen LogP contribution in [-0.2, 0) is 11.8 Å². The maximum Gasteiger partial charge on any atom is 0.356 e. The van der Waals surface area contributed by atoms with Crippen LogP contribution in [0.3, 0.4) is 0 Å². The van der Waals surface area contributed by atoms with Crippen molar-refractivity contribution >= 4 is 11.5 Å². The average Bonchev–Trinajstić information content (AvgIpc) is 2.66. The number of rotatable bonds is 2. The number of fused-ring (bicyclic) bond motifs is 1. The van der Waals surface area contributed by atoms with Gasteiger partial charge in [-0.2, -0.15) is 5.10 Å². The maximum atomic E-state index is 11.2. The van der Waals surface area contributed by atoms with Gasteiger partial charge in [0.05, 0.1) is 11.2 Å². The standard InChI is InChI=1S/C13H17N3O2/c1-5-8-6-7-9-10(11(17)18)14-12(13(2,3)4)16(9)15-8/h6-7H,5H2,1-4H3,(H,17,18). The second-order valence-corrected chi connectivity index (χ2v) is 5.31. The molecule has 0 aliphatic heterocycles. The van der Waals surface area contributed by atoms with E-state index in [2.05, 4.69) is 10.1 Å². The molecular formula is C13H17N3O2. The van der Waals surface area contributed by atoms with Crippen LogP contribution in [0.5, 0.6) is 0 Å². The molecule has 2 aromatic rings. The molecule has 2 heterocycles. The van der Waals surface area contributed by atoms with E-state index >= 15 is 0 Å². The summed E-state index contributed by atoms with van der Waals surface area (Å²) in [5.74, 6) is -0.348. The van der Waals surface area contributed by atoms with Crippen molar-refractivity contribution in [1.82, 2.24) is 14.6 Å². The first-order valence-electron chi connectivity index (χ1n) is 5.97. The van der Waals surface area contributed by atoms with E-state index in [1.165, 1.54) is 0 Å². The number of carboxylic acid groups (broad SMARTS) is 1. The number of hydrogen-bond donors (Lipinski definition) is 1. The zero-order valence-electron chi connectivity index (χ0n) is 11.1. The summed E-state index contributed by atoms with van der Waals surface area (Å²) in [4.78, 5) is 15.4. The van der Waals surface area contributed by atoms with Crippen molar-refractivity contribution in [2.75, 3.05) is 0 Å². The van der Waals surface area contributed by atoms with E-state index < -0.39 is 5.97 Å². The third kappa shape index (κ3) is 1.96. The highest BCUT2D eigenvalue weighted by atomic mass is 16.4. The molecule has 0 aliphatic carbocycles. The van der Waals surface area contributed by atoms with Gasteiger partial charge in [-0.15, -0.1) is 0 Å². The molecule has 2 rings (SSSR count). The van der Waals surface area contributed by atoms with Crippen molar-refractivity contribution in [3.63, 3.8) is 0 Å². The van der Waals surface area contributed by atoms with Crippen LogP contribution in [0.1, 0.15) is 49.7 Å². The minimum absolute atomic E-state index is 0.0649. The van der Waals surface area contributed by atoms with Crippen molar-refractivity contribution in [3.05, 3.63) is 29.3 Å². The second kappa shape index (κ2) is 4.08. The van der Waals surface area contributed by atoms with Crippen LogP contribution in [0.15, 0.2) is 12.1 Å². The molecule has 0 aromatic carbocycles. The first kappa shape index (κ1) is 12.5. The topological polar surface area (TPSA) is 67.5 Å². The monoisotopic (exact) mass is 247 g/mol. The Hall–Kier alpha value is -1.91. The molecule has 0 saturated heterocycles. The van der Waals surface area contributed by atoms with E-state index in [-0.39, 0.29) is 11.1 Å². The largest absolute Gasteiger partial charge is 0.476 e. The molecule has 0 saturated carbocycles. The van der Waals surface area contributed by atoms with Gasteiger partial charge in [-0.1, -0.05) is 27.7 Å². The average molecular weight is 247 g/mol. The van der Waals surface area contributed by atoms with E-state index in [1.807, 2.05) is 33.8 Å². The second-order valence-electron chi connectivity index (χ2n) is 5.31. The van der Waals surface area contributed by atoms with Crippen molar-refractivity contribution < 1.29 is 9.90 Å². The highest BCUT2D eigenvalue weighted by Crippen LogP contribution is 2.24. The third-order valence-corrected chi connectivity index (χ3v) is 2.79. The van der Waals surface area contributed by atoms with E-state index in [4.69, 9.17) is 0 Å². The lowest BCUT2D eigenvalue weighted by Crippen LogP contribution is -2.17. The fourth-order valence-corrected chi connectivity index (χ4v) is 1.84. The van der Waals surface area contributed by atoms with Gasteiger partial charge in [0, 0.05) is 5.41 Å². The molecule has 96 valence electrons. The molecule has 5 heteroatoms. The zero-order valence-corrected chi connectivity index (χ0v) is 11.1. The summed E-state index contributed by atoms with van der Waals surface area (Å²) in [6.45, 7) is 8.00. The molecule has 0 radical (unpaired) electrons. The maximum absolute atomic E-state index is 11.2. The first-order valence-corrected chi connectivity index (χ1v) is 5.97. The van der Waals surface area contributed by atoms with E-state index in [0.29, 0.717) is 11.3 Å². The number of hydrogen-bond acceptors (Lipinski definition) is 3. The molecular weight excluding hydrogens is 230 g/mol. The van der Waals surface area contributed by atoms with Crippen LogP contribution in [0, 0.1) is 0 Å². The Morgan fingerprint density at radius 1 is 1.39 bits per heavy atom. The van der Waals surface area contributed by atoms with Gasteiger partial charge in [-0.25, -0.2) is 14.3 Å². The Balaban J connectivity index is 2.81. The molecule has 1 N–H and O–H groups in total. The Kier molecular flexibility index (Phi) is 2.84. The van der Waals surface area contributed by atoms with Crippen molar-refractivity contribution in [2.45, 2.75) is 39.5 Å². The van der Waals surface area contributed by atoms with E-state index in [9.17, 15) is 9.90 Å². The highest BCUT2D eigenvalue weighted by molar-refractivity contribution is 5.93. The number of aromatic nitrogens is 3. The van der Waals surface area contributed by atoms with Crippen LogP contribution in [-0.4, -0.2) is 25.7 Å². The van der Waals surface area contributed by atoms with Crippen LogP contribution in [0.25, 0.3) is 5.52 Å². The summed E-state index contributed by atoms with van der Waals surface area (Å²) >= 11 is 0. The Morgan fingerprint density at radius 2 is 2.06 bits per heavy atom. The normalized spacial score (nSPS) is 12.0. The number of aromatic carboxylic acids is 1. The third-order valence-electron chi connectivity index (χ3n) is 2.79. The Labute approximate surface area is 105 Å². The van der Waals surface area contributed by atoms with Gasteiger partial charge >= 0.3 is 5.97 Å². The SMILES string of the molecule is CCc1ccc2c(C(=O)O)nc(C(C)(C)C)n2n1. The molecule has 0 atom stereocenters. The molecule has 5 nitrogen and oxygen atoms in total. The lowest BCUT2D eigenvalue weighted by molar-refractivity contribution is 0.0693. The van der Waals surface area contributed by atoms with E-state index in [1.54, 1.807) is 10.6 Å². The predicted octanol–water partition coefficient (Wildman–Crippen LogP) is 2.29. The van der Waals surface area contributed by atoms with Gasteiger partial charge in [0.2, 0.25) is 0 Å². The summed E-state index contributed by atoms with van der Waals surface area (Å²) in [6, 6.07) is 3.62. The summed E-state index contributed by atoms with van der Waals surface area (Å²) in [5.41, 5.74) is 1.28. The van der Waals surface area contributed by atoms with E-state index in [0.717, 1.165) is 12.1 Å². The lowest BCUT2D eigenvalue weighted by atomic mass is 9.96. The van der Waals surface area contributed by atoms with Gasteiger partial charge in [0.15, 0.2) is 5.69 Å². The van der Waals surface area contributed by atoms with Crippen LogP contribution in [0.4, 0.5) is 0 Å². The molecule has 0 bridgehead atoms. The van der Waals surface area contributed by atoms with Crippen molar-refractivity contribution in [1.29, 1.82) is 0 Å². The number of carboxylic acids is 1. The molecule has 0 aliphatic rings. The van der Waals surface area contributed by atoms with Gasteiger partial charge in [-0.3, -0.25) is 0 Å². The molecule has 0 amide bonds. The molecule has 0 spiro atoms. The Morgan fingerprint density at radius 3 is 2.56 bits per heavy atom. The molecule has 0 unspecified atom stereocenters. The van der Waals surface area contributed by atoms with Crippen molar-refractivity contribution in [2.24, 2.45) is 0 Å². The fraction of sp³-hybridized carbons (Fsp3) is 0.462. The molecule has 2 aromatic heterocycles. The summed E-state index contributed by atoms with van der Waals surface area (Å²) in [7, 11) is 0. The quantitative estimate of drug-likeness (QED) is 0.884. The summed E-state index contributed by atoms with van der Waals surface area (Å²) in [5, 5.41) is 13.6. The van der Waals surface area contributed by atoms with Crippen LogP contribution in [0.2, 0.25) is 0 Å². The minimum Gasteiger partial charge on any atom is -0.476 e. The predicted molar refractivity (Wildman–Crippen MR) is 68.0 cm³/mol. The molecule has 0 fully saturated rings. The Bertz CT molecular complexity index is 608.